The highest BCUT2D eigenvalue weighted by molar-refractivity contribution is 7.92. The maximum Gasteiger partial charge on any atom is 0.235 e. The molecule has 1 rings (SSSR count). The summed E-state index contributed by atoms with van der Waals surface area (Å²) in [5.74, 6) is -0.746. The van der Waals surface area contributed by atoms with Gasteiger partial charge in [-0.05, 0) is 18.8 Å². The Hall–Kier alpha value is -0.330. The smallest absolute Gasteiger partial charge is 0.235 e. The third kappa shape index (κ3) is 6.10. The van der Waals surface area contributed by atoms with Gasteiger partial charge < -0.3 is 11.1 Å². The van der Waals surface area contributed by atoms with Crippen LogP contribution in [0.5, 0.6) is 0 Å². The summed E-state index contributed by atoms with van der Waals surface area (Å²) in [6, 6.07) is 0. The first-order valence-electron chi connectivity index (χ1n) is 6.50. The fourth-order valence-electron chi connectivity index (χ4n) is 2.53. The average molecular weight is 313 g/mol. The zero-order chi connectivity index (χ0) is 13.8. The number of carbonyl (C=O) groups excluding carboxylic acids is 1. The molecule has 0 aromatic carbocycles. The van der Waals surface area contributed by atoms with Crippen LogP contribution < -0.4 is 11.1 Å². The van der Waals surface area contributed by atoms with E-state index in [-0.39, 0.29) is 29.6 Å². The highest BCUT2D eigenvalue weighted by Crippen LogP contribution is 2.28. The van der Waals surface area contributed by atoms with Crippen LogP contribution in [0.1, 0.15) is 39.5 Å². The Kier molecular flexibility index (Phi) is 7.32. The molecule has 114 valence electrons. The fraction of sp³-hybridized carbons (Fsp3) is 0.917. The van der Waals surface area contributed by atoms with E-state index in [1.54, 1.807) is 0 Å². The van der Waals surface area contributed by atoms with Crippen molar-refractivity contribution in [3.63, 3.8) is 0 Å². The van der Waals surface area contributed by atoms with Crippen LogP contribution in [0.2, 0.25) is 0 Å². The molecular weight excluding hydrogens is 288 g/mol. The molecule has 1 saturated carbocycles. The van der Waals surface area contributed by atoms with Gasteiger partial charge in [0, 0.05) is 6.54 Å². The lowest BCUT2D eigenvalue weighted by molar-refractivity contribution is -0.120. The molecule has 3 N–H and O–H groups in total. The Morgan fingerprint density at radius 2 is 1.84 bits per heavy atom. The molecule has 0 atom stereocenters. The summed E-state index contributed by atoms with van der Waals surface area (Å²) in [4.78, 5) is 11.8. The summed E-state index contributed by atoms with van der Waals surface area (Å²) in [6.07, 6.45) is 3.77. The summed E-state index contributed by atoms with van der Waals surface area (Å²) in [5, 5.41) is 2.83. The summed E-state index contributed by atoms with van der Waals surface area (Å²) in [6.45, 7) is 4.03. The van der Waals surface area contributed by atoms with Crippen LogP contribution >= 0.6 is 12.4 Å². The van der Waals surface area contributed by atoms with Crippen LogP contribution in [0.3, 0.4) is 0 Å². The second-order valence-corrected chi connectivity index (χ2v) is 7.80. The molecule has 0 unspecified atom stereocenters. The molecule has 5 nitrogen and oxygen atoms in total. The van der Waals surface area contributed by atoms with E-state index >= 15 is 0 Å². The third-order valence-corrected chi connectivity index (χ3v) is 5.17. The Morgan fingerprint density at radius 1 is 1.32 bits per heavy atom. The lowest BCUT2D eigenvalue weighted by atomic mass is 9.98. The largest absolute Gasteiger partial charge is 0.349 e. The minimum atomic E-state index is -3.31. The molecular formula is C12H25ClN2O3S. The number of halogens is 1. The van der Waals surface area contributed by atoms with E-state index in [0.717, 1.165) is 25.7 Å². The molecule has 1 aliphatic carbocycles. The van der Waals surface area contributed by atoms with Gasteiger partial charge in [-0.3, -0.25) is 4.79 Å². The van der Waals surface area contributed by atoms with E-state index in [9.17, 15) is 13.2 Å². The number of hydrogen-bond acceptors (Lipinski definition) is 4. The maximum atomic E-state index is 11.8. The Morgan fingerprint density at radius 3 is 2.26 bits per heavy atom. The van der Waals surface area contributed by atoms with E-state index in [0.29, 0.717) is 6.54 Å². The number of nitrogens with two attached hydrogens (primary N) is 1. The molecule has 1 aliphatic rings. The predicted octanol–water partition coefficient (Wildman–Crippen LogP) is 0.867. The molecule has 19 heavy (non-hydrogen) atoms. The number of amides is 1. The topological polar surface area (TPSA) is 89.3 Å². The van der Waals surface area contributed by atoms with Crippen molar-refractivity contribution in [2.75, 3.05) is 18.1 Å². The van der Waals surface area contributed by atoms with Gasteiger partial charge in [-0.15, -0.1) is 12.4 Å². The second kappa shape index (κ2) is 7.45. The van der Waals surface area contributed by atoms with Crippen molar-refractivity contribution in [1.29, 1.82) is 0 Å². The molecule has 1 amide bonds. The number of sulfone groups is 1. The van der Waals surface area contributed by atoms with Gasteiger partial charge in [0.05, 0.1) is 11.3 Å². The van der Waals surface area contributed by atoms with E-state index in [1.807, 2.05) is 13.8 Å². The van der Waals surface area contributed by atoms with Crippen molar-refractivity contribution < 1.29 is 13.2 Å². The van der Waals surface area contributed by atoms with Crippen molar-refractivity contribution in [3.05, 3.63) is 0 Å². The number of nitrogens with one attached hydrogen (secondary N) is 1. The molecule has 0 aromatic heterocycles. The first-order chi connectivity index (χ1) is 8.29. The number of rotatable bonds is 6. The van der Waals surface area contributed by atoms with Gasteiger partial charge in [-0.1, -0.05) is 26.7 Å². The third-order valence-electron chi connectivity index (χ3n) is 3.29. The van der Waals surface area contributed by atoms with E-state index in [2.05, 4.69) is 5.32 Å². The Balaban J connectivity index is 0.00000324. The second-order valence-electron chi connectivity index (χ2n) is 5.69. The Bertz CT molecular complexity index is 390. The van der Waals surface area contributed by atoms with Gasteiger partial charge in [-0.25, -0.2) is 8.42 Å². The Labute approximate surface area is 122 Å². The van der Waals surface area contributed by atoms with Crippen LogP contribution in [-0.4, -0.2) is 37.9 Å². The zero-order valence-electron chi connectivity index (χ0n) is 11.6. The van der Waals surface area contributed by atoms with Gasteiger partial charge in [0.25, 0.3) is 0 Å². The van der Waals surface area contributed by atoms with Crippen molar-refractivity contribution in [2.45, 2.75) is 45.1 Å². The van der Waals surface area contributed by atoms with Crippen LogP contribution in [0.25, 0.3) is 0 Å². The zero-order valence-corrected chi connectivity index (χ0v) is 13.3. The van der Waals surface area contributed by atoms with E-state index in [4.69, 9.17) is 5.73 Å². The minimum Gasteiger partial charge on any atom is -0.349 e. The summed E-state index contributed by atoms with van der Waals surface area (Å²) >= 11 is 0. The molecule has 7 heteroatoms. The maximum absolute atomic E-state index is 11.8. The van der Waals surface area contributed by atoms with Gasteiger partial charge >= 0.3 is 0 Å². The first-order valence-corrected chi connectivity index (χ1v) is 8.32. The number of carbonyl (C=O) groups is 1. The predicted molar refractivity (Wildman–Crippen MR) is 79.1 cm³/mol. The lowest BCUT2D eigenvalue weighted by Crippen LogP contribution is -2.53. The van der Waals surface area contributed by atoms with Crippen molar-refractivity contribution >= 4 is 28.2 Å². The SMILES string of the molecule is CC(C)CS(=O)(=O)CC(=O)NC1(CN)CCCC1.Cl. The first kappa shape index (κ1) is 18.7. The van der Waals surface area contributed by atoms with Gasteiger partial charge in [0.15, 0.2) is 9.84 Å². The van der Waals surface area contributed by atoms with E-state index in [1.165, 1.54) is 0 Å². The standard InChI is InChI=1S/C12H24N2O3S.ClH/c1-10(2)7-18(16,17)8-11(15)14-12(9-13)5-3-4-6-12;/h10H,3-9,13H2,1-2H3,(H,14,15);1H. The molecule has 0 saturated heterocycles. The lowest BCUT2D eigenvalue weighted by Gasteiger charge is -2.28. The molecule has 0 bridgehead atoms. The molecule has 0 aliphatic heterocycles. The average Bonchev–Trinajstić information content (AvgIpc) is 2.63. The summed E-state index contributed by atoms with van der Waals surface area (Å²) in [5.41, 5.74) is 5.33. The minimum absolute atomic E-state index is 0. The monoisotopic (exact) mass is 312 g/mol. The highest BCUT2D eigenvalue weighted by atomic mass is 35.5. The summed E-state index contributed by atoms with van der Waals surface area (Å²) in [7, 11) is -3.31. The van der Waals surface area contributed by atoms with Crippen molar-refractivity contribution in [2.24, 2.45) is 11.7 Å². The molecule has 0 heterocycles. The normalized spacial score (nSPS) is 18.1. The van der Waals surface area contributed by atoms with Gasteiger partial charge in [-0.2, -0.15) is 0 Å². The van der Waals surface area contributed by atoms with Gasteiger partial charge in [0.2, 0.25) is 5.91 Å². The number of hydrogen-bond donors (Lipinski definition) is 2. The summed E-state index contributed by atoms with van der Waals surface area (Å²) < 4.78 is 23.5. The molecule has 1 fully saturated rings. The molecule has 0 radical (unpaired) electrons. The molecule has 0 aromatic rings. The highest BCUT2D eigenvalue weighted by Gasteiger charge is 2.34. The van der Waals surface area contributed by atoms with Gasteiger partial charge in [0.1, 0.15) is 5.75 Å². The fourth-order valence-corrected chi connectivity index (χ4v) is 4.14. The van der Waals surface area contributed by atoms with Crippen molar-refractivity contribution in [1.82, 2.24) is 5.32 Å². The van der Waals surface area contributed by atoms with Crippen molar-refractivity contribution in [3.8, 4) is 0 Å². The van der Waals surface area contributed by atoms with Crippen LogP contribution in [0, 0.1) is 5.92 Å². The van der Waals surface area contributed by atoms with Crippen LogP contribution in [-0.2, 0) is 14.6 Å². The van der Waals surface area contributed by atoms with Crippen LogP contribution in [0.4, 0.5) is 0 Å². The molecule has 0 spiro atoms. The van der Waals surface area contributed by atoms with Crippen LogP contribution in [0.15, 0.2) is 0 Å². The quantitative estimate of drug-likeness (QED) is 0.761. The van der Waals surface area contributed by atoms with E-state index < -0.39 is 21.5 Å².